The number of halogens is 1. The van der Waals surface area contributed by atoms with Gasteiger partial charge in [0.1, 0.15) is 0 Å². The van der Waals surface area contributed by atoms with Gasteiger partial charge in [0.05, 0.1) is 22.3 Å². The van der Waals surface area contributed by atoms with E-state index in [1.165, 1.54) is 24.6 Å². The van der Waals surface area contributed by atoms with Crippen molar-refractivity contribution in [3.63, 3.8) is 0 Å². The second-order valence-corrected chi connectivity index (χ2v) is 8.22. The summed E-state index contributed by atoms with van der Waals surface area (Å²) in [6.45, 7) is 0. The van der Waals surface area contributed by atoms with E-state index in [0.29, 0.717) is 22.2 Å². The molecule has 1 N–H and O–H groups in total. The van der Waals surface area contributed by atoms with E-state index < -0.39 is 21.4 Å². The zero-order valence-electron chi connectivity index (χ0n) is 14.3. The molecule has 0 saturated heterocycles. The van der Waals surface area contributed by atoms with Gasteiger partial charge in [0.15, 0.2) is 21.4 Å². The smallest absolute Gasteiger partial charge is 0.176 e. The Balaban J connectivity index is 1.80. The molecule has 0 aliphatic rings. The van der Waals surface area contributed by atoms with Crippen molar-refractivity contribution >= 4 is 20.7 Å². The summed E-state index contributed by atoms with van der Waals surface area (Å²) in [6.07, 6.45) is 2.70. The zero-order valence-corrected chi connectivity index (χ0v) is 15.1. The van der Waals surface area contributed by atoms with Crippen LogP contribution in [-0.2, 0) is 9.84 Å². The molecule has 4 rings (SSSR count). The molecule has 136 valence electrons. The van der Waals surface area contributed by atoms with Gasteiger partial charge >= 0.3 is 0 Å². The SMILES string of the molecule is CS(=O)(=O)c1ccccc1-c1ccc(-n2ncc3cc(F)c(O)cc32)cc1. The lowest BCUT2D eigenvalue weighted by Gasteiger charge is -2.10. The molecule has 0 amide bonds. The van der Waals surface area contributed by atoms with Gasteiger partial charge in [0.2, 0.25) is 0 Å². The van der Waals surface area contributed by atoms with Crippen LogP contribution >= 0.6 is 0 Å². The third kappa shape index (κ3) is 3.06. The van der Waals surface area contributed by atoms with Gasteiger partial charge in [-0.25, -0.2) is 17.5 Å². The van der Waals surface area contributed by atoms with Gasteiger partial charge in [-0.2, -0.15) is 5.10 Å². The van der Waals surface area contributed by atoms with Crippen LogP contribution in [0.1, 0.15) is 0 Å². The number of hydrogen-bond acceptors (Lipinski definition) is 4. The van der Waals surface area contributed by atoms with E-state index >= 15 is 0 Å². The summed E-state index contributed by atoms with van der Waals surface area (Å²) in [5, 5.41) is 14.5. The molecule has 1 aromatic heterocycles. The van der Waals surface area contributed by atoms with Crippen molar-refractivity contribution in [1.29, 1.82) is 0 Å². The number of rotatable bonds is 3. The van der Waals surface area contributed by atoms with E-state index in [2.05, 4.69) is 5.10 Å². The van der Waals surface area contributed by atoms with Crippen LogP contribution in [0.2, 0.25) is 0 Å². The van der Waals surface area contributed by atoms with Gasteiger partial charge in [-0.3, -0.25) is 0 Å². The molecule has 0 aliphatic carbocycles. The lowest BCUT2D eigenvalue weighted by molar-refractivity contribution is 0.433. The zero-order chi connectivity index (χ0) is 19.2. The Hall–Kier alpha value is -3.19. The predicted octanol–water partition coefficient (Wildman–Crippen LogP) is 3.94. The average molecular weight is 382 g/mol. The summed E-state index contributed by atoms with van der Waals surface area (Å²) in [5.41, 5.74) is 2.65. The van der Waals surface area contributed by atoms with Crippen LogP contribution in [-0.4, -0.2) is 29.6 Å². The van der Waals surface area contributed by atoms with E-state index in [1.807, 2.05) is 0 Å². The van der Waals surface area contributed by atoms with Crippen LogP contribution in [0.25, 0.3) is 27.7 Å². The Morgan fingerprint density at radius 3 is 2.44 bits per heavy atom. The summed E-state index contributed by atoms with van der Waals surface area (Å²) < 4.78 is 39.1. The molecule has 0 unspecified atom stereocenters. The summed E-state index contributed by atoms with van der Waals surface area (Å²) in [6, 6.07) is 16.6. The van der Waals surface area contributed by atoms with E-state index in [0.717, 1.165) is 5.56 Å². The molecule has 3 aromatic carbocycles. The molecule has 4 aromatic rings. The molecule has 0 radical (unpaired) electrons. The third-order valence-corrected chi connectivity index (χ3v) is 5.50. The summed E-state index contributed by atoms with van der Waals surface area (Å²) >= 11 is 0. The molecule has 0 aliphatic heterocycles. The fraction of sp³-hybridized carbons (Fsp3) is 0.0500. The van der Waals surface area contributed by atoms with Crippen molar-refractivity contribution < 1.29 is 17.9 Å². The second kappa shape index (κ2) is 6.21. The van der Waals surface area contributed by atoms with Gasteiger partial charge in [-0.1, -0.05) is 30.3 Å². The van der Waals surface area contributed by atoms with E-state index in [9.17, 15) is 17.9 Å². The van der Waals surface area contributed by atoms with Gasteiger partial charge in [0.25, 0.3) is 0 Å². The Kier molecular flexibility index (Phi) is 3.96. The molecule has 1 heterocycles. The van der Waals surface area contributed by atoms with Crippen molar-refractivity contribution in [1.82, 2.24) is 9.78 Å². The molecule has 0 spiro atoms. The quantitative estimate of drug-likeness (QED) is 0.583. The van der Waals surface area contributed by atoms with Crippen LogP contribution < -0.4 is 0 Å². The van der Waals surface area contributed by atoms with E-state index in [-0.39, 0.29) is 4.90 Å². The Morgan fingerprint density at radius 1 is 1.04 bits per heavy atom. The van der Waals surface area contributed by atoms with Crippen LogP contribution in [0, 0.1) is 5.82 Å². The first-order valence-electron chi connectivity index (χ1n) is 8.11. The van der Waals surface area contributed by atoms with E-state index in [4.69, 9.17) is 0 Å². The van der Waals surface area contributed by atoms with Crippen molar-refractivity contribution in [3.05, 3.63) is 72.7 Å². The number of fused-ring (bicyclic) bond motifs is 1. The predicted molar refractivity (Wildman–Crippen MR) is 101 cm³/mol. The first-order valence-corrected chi connectivity index (χ1v) is 10.00. The summed E-state index contributed by atoms with van der Waals surface area (Å²) in [7, 11) is -3.35. The molecular formula is C20H15FN2O3S. The van der Waals surface area contributed by atoms with Gasteiger partial charge in [-0.15, -0.1) is 0 Å². The number of aromatic nitrogens is 2. The number of aromatic hydroxyl groups is 1. The lowest BCUT2D eigenvalue weighted by Crippen LogP contribution is -2.00. The van der Waals surface area contributed by atoms with Crippen molar-refractivity contribution in [3.8, 4) is 22.6 Å². The minimum atomic E-state index is -3.35. The molecule has 0 atom stereocenters. The minimum absolute atomic E-state index is 0.266. The fourth-order valence-corrected chi connectivity index (χ4v) is 3.96. The molecule has 0 bridgehead atoms. The van der Waals surface area contributed by atoms with Crippen molar-refractivity contribution in [2.24, 2.45) is 0 Å². The Labute approximate surface area is 155 Å². The van der Waals surface area contributed by atoms with Crippen molar-refractivity contribution in [2.45, 2.75) is 4.90 Å². The minimum Gasteiger partial charge on any atom is -0.505 e. The molecular weight excluding hydrogens is 367 g/mol. The van der Waals surface area contributed by atoms with Gasteiger partial charge in [-0.05, 0) is 29.8 Å². The number of benzene rings is 3. The standard InChI is InChI=1S/C20H15FN2O3S/c1-27(25,26)20-5-3-2-4-16(20)13-6-8-15(9-7-13)23-18-11-19(24)17(21)10-14(18)12-22-23/h2-12,24H,1H3. The number of hydrogen-bond donors (Lipinski definition) is 1. The fourth-order valence-electron chi connectivity index (χ4n) is 3.05. The average Bonchev–Trinajstić information content (AvgIpc) is 3.04. The highest BCUT2D eigenvalue weighted by molar-refractivity contribution is 7.90. The first-order chi connectivity index (χ1) is 12.8. The van der Waals surface area contributed by atoms with Crippen molar-refractivity contribution in [2.75, 3.05) is 6.26 Å². The molecule has 7 heteroatoms. The van der Waals surface area contributed by atoms with Crippen LogP contribution in [0.3, 0.4) is 0 Å². The number of phenolic OH excluding ortho intramolecular Hbond substituents is 1. The van der Waals surface area contributed by atoms with E-state index in [1.54, 1.807) is 53.2 Å². The molecule has 27 heavy (non-hydrogen) atoms. The lowest BCUT2D eigenvalue weighted by atomic mass is 10.1. The molecule has 0 saturated carbocycles. The highest BCUT2D eigenvalue weighted by Crippen LogP contribution is 2.29. The Morgan fingerprint density at radius 2 is 1.74 bits per heavy atom. The topological polar surface area (TPSA) is 72.2 Å². The monoisotopic (exact) mass is 382 g/mol. The summed E-state index contributed by atoms with van der Waals surface area (Å²) in [4.78, 5) is 0.266. The highest BCUT2D eigenvalue weighted by Gasteiger charge is 2.14. The van der Waals surface area contributed by atoms with Crippen LogP contribution in [0.4, 0.5) is 4.39 Å². The number of phenols is 1. The largest absolute Gasteiger partial charge is 0.505 e. The molecule has 0 fully saturated rings. The molecule has 5 nitrogen and oxygen atoms in total. The first kappa shape index (κ1) is 17.2. The number of sulfone groups is 1. The Bertz CT molecular complexity index is 1260. The maximum absolute atomic E-state index is 13.5. The normalized spacial score (nSPS) is 11.8. The maximum Gasteiger partial charge on any atom is 0.176 e. The maximum atomic E-state index is 13.5. The van der Waals surface area contributed by atoms with Crippen LogP contribution in [0.15, 0.2) is 71.8 Å². The summed E-state index contributed by atoms with van der Waals surface area (Å²) in [5.74, 6) is -1.14. The van der Waals surface area contributed by atoms with Gasteiger partial charge < -0.3 is 5.11 Å². The van der Waals surface area contributed by atoms with Gasteiger partial charge in [0, 0.05) is 23.3 Å². The number of nitrogens with zero attached hydrogens (tertiary/aromatic N) is 2. The highest BCUT2D eigenvalue weighted by atomic mass is 32.2. The third-order valence-electron chi connectivity index (χ3n) is 4.35. The van der Waals surface area contributed by atoms with Crippen LogP contribution in [0.5, 0.6) is 5.75 Å². The second-order valence-electron chi connectivity index (χ2n) is 6.23.